The summed E-state index contributed by atoms with van der Waals surface area (Å²) in [5.41, 5.74) is 4.06. The Balaban J connectivity index is 1.67. The summed E-state index contributed by atoms with van der Waals surface area (Å²) in [4.78, 5) is 12.3. The molecule has 0 aliphatic rings. The van der Waals surface area contributed by atoms with Gasteiger partial charge in [0.25, 0.3) is 5.91 Å². The van der Waals surface area contributed by atoms with Gasteiger partial charge in [0.05, 0.1) is 5.92 Å². The first-order chi connectivity index (χ1) is 12.9. The van der Waals surface area contributed by atoms with Crippen molar-refractivity contribution in [3.8, 4) is 0 Å². The molecule has 0 saturated heterocycles. The summed E-state index contributed by atoms with van der Waals surface area (Å²) in [6, 6.07) is 15.9. The molecule has 0 spiro atoms. The highest BCUT2D eigenvalue weighted by Crippen LogP contribution is 2.25. The van der Waals surface area contributed by atoms with Crippen molar-refractivity contribution in [1.82, 2.24) is 10.2 Å². The molecule has 0 fully saturated rings. The molecule has 1 amide bonds. The van der Waals surface area contributed by atoms with E-state index in [2.05, 4.69) is 53.6 Å². The number of amides is 1. The van der Waals surface area contributed by atoms with Crippen molar-refractivity contribution in [2.24, 2.45) is 5.92 Å². The van der Waals surface area contributed by atoms with Crippen molar-refractivity contribution in [2.75, 3.05) is 5.32 Å². The van der Waals surface area contributed by atoms with Gasteiger partial charge in [-0.3, -0.25) is 10.1 Å². The van der Waals surface area contributed by atoms with Crippen molar-refractivity contribution in [3.05, 3.63) is 76.7 Å². The summed E-state index contributed by atoms with van der Waals surface area (Å²) < 4.78 is 5.66. The first kappa shape index (κ1) is 18.8. The Kier molecular flexibility index (Phi) is 5.69. The van der Waals surface area contributed by atoms with Crippen LogP contribution >= 0.6 is 0 Å². The third-order valence-corrected chi connectivity index (χ3v) is 4.47. The largest absolute Gasteiger partial charge is 0.407 e. The standard InChI is InChI=1S/C22H25N3O2/c1-14(2)13-17-7-11-18(12-8-17)16(4)21-24-25-22(27-21)23-20(26)19-9-5-15(3)6-10-19/h5-12,14,16H,13H2,1-4H3,(H,23,25,26). The molecule has 0 radical (unpaired) electrons. The molecule has 3 aromatic rings. The second-order valence-electron chi connectivity index (χ2n) is 7.33. The van der Waals surface area contributed by atoms with Crippen molar-refractivity contribution >= 4 is 11.9 Å². The van der Waals surface area contributed by atoms with E-state index in [0.29, 0.717) is 17.4 Å². The zero-order valence-corrected chi connectivity index (χ0v) is 16.2. The summed E-state index contributed by atoms with van der Waals surface area (Å²) in [6.07, 6.45) is 1.06. The maximum Gasteiger partial charge on any atom is 0.322 e. The van der Waals surface area contributed by atoms with Gasteiger partial charge in [0.2, 0.25) is 5.89 Å². The molecule has 5 nitrogen and oxygen atoms in total. The topological polar surface area (TPSA) is 68.0 Å². The van der Waals surface area contributed by atoms with Gasteiger partial charge >= 0.3 is 6.01 Å². The highest BCUT2D eigenvalue weighted by molar-refractivity contribution is 6.03. The monoisotopic (exact) mass is 363 g/mol. The number of hydrogen-bond donors (Lipinski definition) is 1. The van der Waals surface area contributed by atoms with Crippen LogP contribution in [0.2, 0.25) is 0 Å². The van der Waals surface area contributed by atoms with Crippen molar-refractivity contribution < 1.29 is 9.21 Å². The fourth-order valence-corrected chi connectivity index (χ4v) is 2.89. The van der Waals surface area contributed by atoms with E-state index in [9.17, 15) is 4.79 Å². The molecule has 1 heterocycles. The van der Waals surface area contributed by atoms with Gasteiger partial charge in [0.1, 0.15) is 0 Å². The molecule has 1 N–H and O–H groups in total. The van der Waals surface area contributed by atoms with Crippen LogP contribution in [0.5, 0.6) is 0 Å². The van der Waals surface area contributed by atoms with Gasteiger partial charge in [-0.2, -0.15) is 0 Å². The van der Waals surface area contributed by atoms with Gasteiger partial charge in [-0.25, -0.2) is 0 Å². The SMILES string of the molecule is Cc1ccc(C(=O)Nc2nnc(C(C)c3ccc(CC(C)C)cc3)o2)cc1. The maximum atomic E-state index is 12.3. The minimum atomic E-state index is -0.268. The Morgan fingerprint density at radius 2 is 1.67 bits per heavy atom. The molecule has 27 heavy (non-hydrogen) atoms. The van der Waals surface area contributed by atoms with E-state index in [-0.39, 0.29) is 17.8 Å². The molecule has 5 heteroatoms. The molecule has 1 atom stereocenters. The van der Waals surface area contributed by atoms with Crippen LogP contribution in [0, 0.1) is 12.8 Å². The Morgan fingerprint density at radius 1 is 1.00 bits per heavy atom. The van der Waals surface area contributed by atoms with Crippen LogP contribution in [0.25, 0.3) is 0 Å². The van der Waals surface area contributed by atoms with Crippen LogP contribution in [0.1, 0.15) is 59.6 Å². The van der Waals surface area contributed by atoms with Crippen LogP contribution in [-0.2, 0) is 6.42 Å². The van der Waals surface area contributed by atoms with Gasteiger partial charge in [0, 0.05) is 5.56 Å². The van der Waals surface area contributed by atoms with E-state index in [1.54, 1.807) is 12.1 Å². The molecule has 2 aromatic carbocycles. The van der Waals surface area contributed by atoms with Gasteiger partial charge in [-0.15, -0.1) is 5.10 Å². The van der Waals surface area contributed by atoms with Crippen LogP contribution in [-0.4, -0.2) is 16.1 Å². The second kappa shape index (κ2) is 8.16. The summed E-state index contributed by atoms with van der Waals surface area (Å²) in [7, 11) is 0. The predicted molar refractivity (Wildman–Crippen MR) is 106 cm³/mol. The van der Waals surface area contributed by atoms with E-state index >= 15 is 0 Å². The zero-order valence-electron chi connectivity index (χ0n) is 16.2. The van der Waals surface area contributed by atoms with Crippen molar-refractivity contribution in [3.63, 3.8) is 0 Å². The van der Waals surface area contributed by atoms with Gasteiger partial charge in [-0.1, -0.05) is 60.9 Å². The van der Waals surface area contributed by atoms with Crippen molar-refractivity contribution in [2.45, 2.75) is 40.0 Å². The average molecular weight is 363 g/mol. The lowest BCUT2D eigenvalue weighted by Gasteiger charge is -2.09. The van der Waals surface area contributed by atoms with Crippen molar-refractivity contribution in [1.29, 1.82) is 0 Å². The lowest BCUT2D eigenvalue weighted by atomic mass is 9.97. The van der Waals surface area contributed by atoms with E-state index < -0.39 is 0 Å². The normalized spacial score (nSPS) is 12.2. The number of nitrogens with zero attached hydrogens (tertiary/aromatic N) is 2. The van der Waals surface area contributed by atoms with E-state index in [4.69, 9.17) is 4.42 Å². The summed E-state index contributed by atoms with van der Waals surface area (Å²) in [5, 5.41) is 10.7. The van der Waals surface area contributed by atoms with E-state index in [1.165, 1.54) is 5.56 Å². The maximum absolute atomic E-state index is 12.3. The highest BCUT2D eigenvalue weighted by atomic mass is 16.4. The van der Waals surface area contributed by atoms with Crippen LogP contribution in [0.3, 0.4) is 0 Å². The molecule has 140 valence electrons. The molecule has 1 aromatic heterocycles. The molecule has 0 aliphatic carbocycles. The zero-order chi connectivity index (χ0) is 19.4. The Hall–Kier alpha value is -2.95. The number of benzene rings is 2. The summed E-state index contributed by atoms with van der Waals surface area (Å²) >= 11 is 0. The average Bonchev–Trinajstić information content (AvgIpc) is 3.10. The number of anilines is 1. The summed E-state index contributed by atoms with van der Waals surface area (Å²) in [5.74, 6) is 0.793. The third kappa shape index (κ3) is 4.82. The van der Waals surface area contributed by atoms with Gasteiger partial charge in [0.15, 0.2) is 0 Å². The first-order valence-corrected chi connectivity index (χ1v) is 9.22. The minimum Gasteiger partial charge on any atom is -0.407 e. The Bertz CT molecular complexity index is 896. The van der Waals surface area contributed by atoms with Crippen LogP contribution in [0.15, 0.2) is 52.9 Å². The van der Waals surface area contributed by atoms with E-state index in [1.807, 2.05) is 26.0 Å². The molecule has 0 bridgehead atoms. The molecule has 1 unspecified atom stereocenters. The van der Waals surface area contributed by atoms with Gasteiger partial charge in [-0.05, 0) is 49.4 Å². The molecule has 3 rings (SSSR count). The predicted octanol–water partition coefficient (Wildman–Crippen LogP) is 4.98. The molecule has 0 aliphatic heterocycles. The van der Waals surface area contributed by atoms with Crippen LogP contribution in [0.4, 0.5) is 6.01 Å². The number of nitrogens with one attached hydrogen (secondary N) is 1. The number of rotatable bonds is 6. The third-order valence-electron chi connectivity index (χ3n) is 4.47. The molecular formula is C22H25N3O2. The Morgan fingerprint density at radius 3 is 2.30 bits per heavy atom. The number of aromatic nitrogens is 2. The molecule has 0 saturated carbocycles. The van der Waals surface area contributed by atoms with Crippen LogP contribution < -0.4 is 5.32 Å². The second-order valence-corrected chi connectivity index (χ2v) is 7.33. The molecular weight excluding hydrogens is 338 g/mol. The number of carbonyl (C=O) groups excluding carboxylic acids is 1. The number of carbonyl (C=O) groups is 1. The fraction of sp³-hybridized carbons (Fsp3) is 0.318. The number of aryl methyl sites for hydroxylation is 1. The van der Waals surface area contributed by atoms with E-state index in [0.717, 1.165) is 17.5 Å². The minimum absolute atomic E-state index is 0.0457. The lowest BCUT2D eigenvalue weighted by Crippen LogP contribution is -2.11. The first-order valence-electron chi connectivity index (χ1n) is 9.22. The number of hydrogen-bond acceptors (Lipinski definition) is 4. The van der Waals surface area contributed by atoms with Gasteiger partial charge < -0.3 is 4.42 Å². The highest BCUT2D eigenvalue weighted by Gasteiger charge is 2.17. The summed E-state index contributed by atoms with van der Waals surface area (Å²) in [6.45, 7) is 8.40. The quantitative estimate of drug-likeness (QED) is 0.670. The lowest BCUT2D eigenvalue weighted by molar-refractivity contribution is 0.102. The fourth-order valence-electron chi connectivity index (χ4n) is 2.89. The Labute approximate surface area is 159 Å². The smallest absolute Gasteiger partial charge is 0.322 e.